The van der Waals surface area contributed by atoms with Gasteiger partial charge in [-0.25, -0.2) is 9.59 Å². The first-order valence-electron chi connectivity index (χ1n) is 7.09. The molecule has 0 fully saturated rings. The highest BCUT2D eigenvalue weighted by molar-refractivity contribution is 5.91. The number of carbonyl (C=O) groups excluding carboxylic acids is 1. The molecule has 2 aromatic carbocycles. The number of aromatic amines is 1. The molecule has 5 heteroatoms. The van der Waals surface area contributed by atoms with Crippen molar-refractivity contribution in [2.75, 3.05) is 0 Å². The molecule has 5 nitrogen and oxygen atoms in total. The van der Waals surface area contributed by atoms with E-state index < -0.39 is 11.7 Å². The molecule has 0 spiro atoms. The van der Waals surface area contributed by atoms with Gasteiger partial charge in [0.25, 0.3) is 0 Å². The van der Waals surface area contributed by atoms with Gasteiger partial charge < -0.3 is 9.15 Å². The second-order valence-electron chi connectivity index (χ2n) is 5.39. The number of benzene rings is 2. The topological polar surface area (TPSA) is 72.3 Å². The summed E-state index contributed by atoms with van der Waals surface area (Å²) in [5, 5.41) is 0. The monoisotopic (exact) mass is 309 g/mol. The lowest BCUT2D eigenvalue weighted by atomic mass is 10.1. The molecule has 0 radical (unpaired) electrons. The van der Waals surface area contributed by atoms with Crippen LogP contribution in [0.2, 0.25) is 0 Å². The van der Waals surface area contributed by atoms with Gasteiger partial charge in [0.05, 0.1) is 11.1 Å². The van der Waals surface area contributed by atoms with E-state index in [2.05, 4.69) is 11.6 Å². The van der Waals surface area contributed by atoms with Crippen molar-refractivity contribution < 1.29 is 13.9 Å². The number of hydrogen-bond donors (Lipinski definition) is 1. The van der Waals surface area contributed by atoms with E-state index in [4.69, 9.17) is 9.15 Å². The summed E-state index contributed by atoms with van der Waals surface area (Å²) in [6.45, 7) is 5.82. The fourth-order valence-corrected chi connectivity index (χ4v) is 2.26. The summed E-state index contributed by atoms with van der Waals surface area (Å²) in [5.41, 5.74) is 3.49. The molecule has 0 bridgehead atoms. The van der Waals surface area contributed by atoms with Crippen LogP contribution in [0, 0.1) is 0 Å². The first-order valence-corrected chi connectivity index (χ1v) is 7.09. The summed E-state index contributed by atoms with van der Waals surface area (Å²) in [6, 6.07) is 11.9. The first kappa shape index (κ1) is 14.8. The average Bonchev–Trinajstić information content (AvgIpc) is 2.86. The number of rotatable bonds is 4. The standard InChI is InChI=1S/C18H15NO4/c1-11(2)9-12-3-5-13(6-4-12)17(20)22-14-7-8-15-16(10-14)23-18(21)19-15/h3-8,10H,1,9H2,2H3,(H,19,21). The van der Waals surface area contributed by atoms with Gasteiger partial charge in [-0.15, -0.1) is 0 Å². The van der Waals surface area contributed by atoms with E-state index in [-0.39, 0.29) is 0 Å². The number of oxazole rings is 1. The number of allylic oxidation sites excluding steroid dienone is 1. The third-order valence-electron chi connectivity index (χ3n) is 3.30. The van der Waals surface area contributed by atoms with E-state index in [1.165, 1.54) is 6.07 Å². The normalized spacial score (nSPS) is 10.7. The number of H-pyrrole nitrogens is 1. The maximum absolute atomic E-state index is 12.1. The number of fused-ring (bicyclic) bond motifs is 1. The average molecular weight is 309 g/mol. The van der Waals surface area contributed by atoms with Crippen LogP contribution in [0.3, 0.4) is 0 Å². The number of aromatic nitrogens is 1. The van der Waals surface area contributed by atoms with Gasteiger partial charge in [0.2, 0.25) is 0 Å². The van der Waals surface area contributed by atoms with Crippen LogP contribution in [0.15, 0.2) is 63.8 Å². The van der Waals surface area contributed by atoms with Gasteiger partial charge >= 0.3 is 11.7 Å². The zero-order chi connectivity index (χ0) is 16.4. The molecule has 0 saturated carbocycles. The van der Waals surface area contributed by atoms with Crippen molar-refractivity contribution in [3.8, 4) is 5.75 Å². The van der Waals surface area contributed by atoms with Crippen LogP contribution in [0.25, 0.3) is 11.1 Å². The highest BCUT2D eigenvalue weighted by Gasteiger charge is 2.10. The maximum Gasteiger partial charge on any atom is 0.417 e. The van der Waals surface area contributed by atoms with Gasteiger partial charge in [0.15, 0.2) is 5.58 Å². The largest absolute Gasteiger partial charge is 0.423 e. The van der Waals surface area contributed by atoms with Crippen molar-refractivity contribution in [1.29, 1.82) is 0 Å². The molecule has 0 aliphatic heterocycles. The number of hydrogen-bond acceptors (Lipinski definition) is 4. The molecule has 3 aromatic rings. The van der Waals surface area contributed by atoms with Crippen LogP contribution >= 0.6 is 0 Å². The Bertz CT molecular complexity index is 932. The molecule has 0 aliphatic rings. The van der Waals surface area contributed by atoms with Crippen molar-refractivity contribution in [2.45, 2.75) is 13.3 Å². The van der Waals surface area contributed by atoms with Gasteiger partial charge in [-0.3, -0.25) is 4.98 Å². The van der Waals surface area contributed by atoms with Crippen LogP contribution < -0.4 is 10.5 Å². The lowest BCUT2D eigenvalue weighted by Crippen LogP contribution is -2.08. The Morgan fingerprint density at radius 2 is 1.96 bits per heavy atom. The summed E-state index contributed by atoms with van der Waals surface area (Å²) in [5.74, 6) is -0.697. The summed E-state index contributed by atoms with van der Waals surface area (Å²) in [4.78, 5) is 25.8. The highest BCUT2D eigenvalue weighted by Crippen LogP contribution is 2.19. The molecule has 23 heavy (non-hydrogen) atoms. The summed E-state index contributed by atoms with van der Waals surface area (Å²) in [7, 11) is 0. The Labute approximate surface area is 132 Å². The molecule has 0 amide bonds. The van der Waals surface area contributed by atoms with Gasteiger partial charge in [0.1, 0.15) is 5.75 Å². The number of ether oxygens (including phenoxy) is 1. The number of carbonyl (C=O) groups is 1. The Morgan fingerprint density at radius 1 is 1.22 bits per heavy atom. The molecule has 0 aliphatic carbocycles. The van der Waals surface area contributed by atoms with Gasteiger partial charge in [-0.2, -0.15) is 0 Å². The van der Waals surface area contributed by atoms with Crippen molar-refractivity contribution in [3.05, 3.63) is 76.3 Å². The van der Waals surface area contributed by atoms with Crippen molar-refractivity contribution >= 4 is 17.1 Å². The Morgan fingerprint density at radius 3 is 2.65 bits per heavy atom. The molecule has 3 rings (SSSR count). The minimum atomic E-state index is -0.545. The van der Waals surface area contributed by atoms with E-state index in [9.17, 15) is 9.59 Å². The zero-order valence-electron chi connectivity index (χ0n) is 12.6. The molecule has 0 saturated heterocycles. The predicted molar refractivity (Wildman–Crippen MR) is 86.8 cm³/mol. The lowest BCUT2D eigenvalue weighted by Gasteiger charge is -2.05. The summed E-state index contributed by atoms with van der Waals surface area (Å²) >= 11 is 0. The summed E-state index contributed by atoms with van der Waals surface area (Å²) in [6.07, 6.45) is 0.776. The zero-order valence-corrected chi connectivity index (χ0v) is 12.6. The fourth-order valence-electron chi connectivity index (χ4n) is 2.26. The Balaban J connectivity index is 1.76. The first-order chi connectivity index (χ1) is 11.0. The molecule has 0 unspecified atom stereocenters. The molecular weight excluding hydrogens is 294 g/mol. The van der Waals surface area contributed by atoms with Crippen LogP contribution in [0.1, 0.15) is 22.8 Å². The third-order valence-corrected chi connectivity index (χ3v) is 3.30. The van der Waals surface area contributed by atoms with E-state index in [1.807, 2.05) is 19.1 Å². The van der Waals surface area contributed by atoms with E-state index in [0.29, 0.717) is 22.4 Å². The smallest absolute Gasteiger partial charge is 0.417 e. The second kappa shape index (κ2) is 5.96. The van der Waals surface area contributed by atoms with E-state index >= 15 is 0 Å². The Kier molecular flexibility index (Phi) is 3.85. The van der Waals surface area contributed by atoms with Crippen molar-refractivity contribution in [3.63, 3.8) is 0 Å². The van der Waals surface area contributed by atoms with Gasteiger partial charge in [-0.1, -0.05) is 24.3 Å². The SMILES string of the molecule is C=C(C)Cc1ccc(C(=O)Oc2ccc3[nH]c(=O)oc3c2)cc1. The quantitative estimate of drug-likeness (QED) is 0.455. The molecule has 1 aromatic heterocycles. The molecule has 1 heterocycles. The van der Waals surface area contributed by atoms with E-state index in [0.717, 1.165) is 17.6 Å². The Hall–Kier alpha value is -3.08. The number of nitrogens with one attached hydrogen (secondary N) is 1. The van der Waals surface area contributed by atoms with Crippen LogP contribution in [-0.4, -0.2) is 11.0 Å². The summed E-state index contributed by atoms with van der Waals surface area (Å²) < 4.78 is 10.2. The van der Waals surface area contributed by atoms with Crippen LogP contribution in [0.4, 0.5) is 0 Å². The van der Waals surface area contributed by atoms with Gasteiger partial charge in [-0.05, 0) is 43.2 Å². The van der Waals surface area contributed by atoms with Crippen LogP contribution in [-0.2, 0) is 6.42 Å². The number of esters is 1. The predicted octanol–water partition coefficient (Wildman–Crippen LogP) is 3.46. The molecule has 0 atom stereocenters. The fraction of sp³-hybridized carbons (Fsp3) is 0.111. The molecular formula is C18H15NO4. The van der Waals surface area contributed by atoms with Crippen molar-refractivity contribution in [1.82, 2.24) is 4.98 Å². The molecule has 1 N–H and O–H groups in total. The van der Waals surface area contributed by atoms with Gasteiger partial charge in [0, 0.05) is 6.07 Å². The lowest BCUT2D eigenvalue weighted by molar-refractivity contribution is 0.0735. The third kappa shape index (κ3) is 3.40. The highest BCUT2D eigenvalue weighted by atomic mass is 16.5. The minimum Gasteiger partial charge on any atom is -0.423 e. The molecule has 116 valence electrons. The van der Waals surface area contributed by atoms with Crippen LogP contribution in [0.5, 0.6) is 5.75 Å². The van der Waals surface area contributed by atoms with Crippen molar-refractivity contribution in [2.24, 2.45) is 0 Å². The second-order valence-corrected chi connectivity index (χ2v) is 5.39. The minimum absolute atomic E-state index is 0.316. The maximum atomic E-state index is 12.1. The van der Waals surface area contributed by atoms with E-state index in [1.54, 1.807) is 24.3 Å².